The van der Waals surface area contributed by atoms with Gasteiger partial charge in [0.25, 0.3) is 0 Å². The lowest BCUT2D eigenvalue weighted by Gasteiger charge is -2.36. The number of hydrogen-bond acceptors (Lipinski definition) is 6. The highest BCUT2D eigenvalue weighted by Gasteiger charge is 2.17. The highest BCUT2D eigenvalue weighted by Crippen LogP contribution is 2.28. The maximum Gasteiger partial charge on any atom is 0.138 e. The van der Waals surface area contributed by atoms with Crippen molar-refractivity contribution in [1.29, 1.82) is 0 Å². The number of rotatable bonds is 7. The Labute approximate surface area is 169 Å². The number of aromatic nitrogens is 2. The summed E-state index contributed by atoms with van der Waals surface area (Å²) >= 11 is 1.75. The van der Waals surface area contributed by atoms with Gasteiger partial charge in [0.05, 0.1) is 5.39 Å². The summed E-state index contributed by atoms with van der Waals surface area (Å²) < 4.78 is 13.1. The van der Waals surface area contributed by atoms with Crippen molar-refractivity contribution in [1.82, 2.24) is 14.9 Å². The molecule has 148 valence electrons. The average Bonchev–Trinajstić information content (AvgIpc) is 3.16. The third-order valence-electron chi connectivity index (χ3n) is 5.24. The van der Waals surface area contributed by atoms with Crippen LogP contribution in [0.15, 0.2) is 36.7 Å². The molecular weight excluding hydrogens is 373 g/mol. The van der Waals surface area contributed by atoms with E-state index < -0.39 is 0 Å². The van der Waals surface area contributed by atoms with Crippen LogP contribution in [0.4, 0.5) is 15.9 Å². The minimum Gasteiger partial charge on any atom is -0.369 e. The summed E-state index contributed by atoms with van der Waals surface area (Å²) in [6.07, 6.45) is 3.76. The first-order valence-electron chi connectivity index (χ1n) is 9.93. The SMILES string of the molecule is CCc1cc2c(NCCCN3CCN(c4ccc(F)cc4)CC3)ncnc2s1. The molecule has 0 radical (unpaired) electrons. The summed E-state index contributed by atoms with van der Waals surface area (Å²) in [5, 5.41) is 4.62. The van der Waals surface area contributed by atoms with Gasteiger partial charge in [0.2, 0.25) is 0 Å². The van der Waals surface area contributed by atoms with Gasteiger partial charge in [-0.05, 0) is 49.7 Å². The fourth-order valence-corrected chi connectivity index (χ4v) is 4.55. The molecule has 4 rings (SSSR count). The van der Waals surface area contributed by atoms with E-state index in [0.717, 1.165) is 73.8 Å². The van der Waals surface area contributed by atoms with Gasteiger partial charge in [-0.3, -0.25) is 4.90 Å². The number of thiophene rings is 1. The second kappa shape index (κ2) is 8.84. The first-order chi connectivity index (χ1) is 13.7. The van der Waals surface area contributed by atoms with Crippen molar-refractivity contribution >= 4 is 33.1 Å². The summed E-state index contributed by atoms with van der Waals surface area (Å²) in [6, 6.07) is 9.01. The number of piperazine rings is 1. The summed E-state index contributed by atoms with van der Waals surface area (Å²) in [5.41, 5.74) is 1.11. The van der Waals surface area contributed by atoms with Gasteiger partial charge in [0.1, 0.15) is 22.8 Å². The third-order valence-corrected chi connectivity index (χ3v) is 6.42. The molecule has 3 aromatic rings. The number of nitrogens with one attached hydrogen (secondary N) is 1. The van der Waals surface area contributed by atoms with Gasteiger partial charge in [0.15, 0.2) is 0 Å². The normalized spacial score (nSPS) is 15.3. The molecule has 7 heteroatoms. The van der Waals surface area contributed by atoms with Crippen LogP contribution in [0, 0.1) is 5.82 Å². The van der Waals surface area contributed by atoms with Crippen LogP contribution in [0.3, 0.4) is 0 Å². The molecule has 1 fully saturated rings. The molecule has 1 aliphatic rings. The molecule has 0 amide bonds. The van der Waals surface area contributed by atoms with Crippen LogP contribution in [0.5, 0.6) is 0 Å². The van der Waals surface area contributed by atoms with Crippen LogP contribution in [-0.4, -0.2) is 54.1 Å². The molecule has 0 saturated carbocycles. The minimum atomic E-state index is -0.177. The first kappa shape index (κ1) is 19.1. The zero-order valence-electron chi connectivity index (χ0n) is 16.2. The smallest absolute Gasteiger partial charge is 0.138 e. The van der Waals surface area contributed by atoms with E-state index in [1.165, 1.54) is 17.0 Å². The van der Waals surface area contributed by atoms with E-state index in [0.29, 0.717) is 0 Å². The molecule has 2 aromatic heterocycles. The Morgan fingerprint density at radius 3 is 2.64 bits per heavy atom. The lowest BCUT2D eigenvalue weighted by molar-refractivity contribution is 0.257. The maximum atomic E-state index is 13.1. The van der Waals surface area contributed by atoms with E-state index in [9.17, 15) is 4.39 Å². The Morgan fingerprint density at radius 2 is 1.89 bits per heavy atom. The van der Waals surface area contributed by atoms with Gasteiger partial charge in [-0.15, -0.1) is 11.3 Å². The van der Waals surface area contributed by atoms with Crippen molar-refractivity contribution in [2.24, 2.45) is 0 Å². The molecule has 0 atom stereocenters. The van der Waals surface area contributed by atoms with E-state index >= 15 is 0 Å². The molecule has 1 N–H and O–H groups in total. The molecule has 0 unspecified atom stereocenters. The molecule has 3 heterocycles. The van der Waals surface area contributed by atoms with Crippen LogP contribution in [-0.2, 0) is 6.42 Å². The minimum absolute atomic E-state index is 0.177. The quantitative estimate of drug-likeness (QED) is 0.608. The Bertz CT molecular complexity index is 903. The molecule has 1 saturated heterocycles. The Hall–Kier alpha value is -2.25. The van der Waals surface area contributed by atoms with E-state index in [2.05, 4.69) is 38.1 Å². The lowest BCUT2D eigenvalue weighted by Crippen LogP contribution is -2.46. The molecule has 28 heavy (non-hydrogen) atoms. The number of hydrogen-bond donors (Lipinski definition) is 1. The largest absolute Gasteiger partial charge is 0.369 e. The van der Waals surface area contributed by atoms with E-state index in [-0.39, 0.29) is 5.82 Å². The van der Waals surface area contributed by atoms with E-state index in [4.69, 9.17) is 0 Å². The predicted molar refractivity (Wildman–Crippen MR) is 115 cm³/mol. The van der Waals surface area contributed by atoms with Gasteiger partial charge in [-0.1, -0.05) is 6.92 Å². The Morgan fingerprint density at radius 1 is 1.11 bits per heavy atom. The van der Waals surface area contributed by atoms with Crippen LogP contribution in [0.2, 0.25) is 0 Å². The fraction of sp³-hybridized carbons (Fsp3) is 0.429. The highest BCUT2D eigenvalue weighted by atomic mass is 32.1. The maximum absolute atomic E-state index is 13.1. The summed E-state index contributed by atoms with van der Waals surface area (Å²) in [7, 11) is 0. The molecule has 0 spiro atoms. The van der Waals surface area contributed by atoms with E-state index in [1.54, 1.807) is 17.7 Å². The molecule has 5 nitrogen and oxygen atoms in total. The van der Waals surface area contributed by atoms with Gasteiger partial charge >= 0.3 is 0 Å². The first-order valence-corrected chi connectivity index (χ1v) is 10.7. The standard InChI is InChI=1S/C21H26FN5S/c1-2-18-14-19-20(24-15-25-21(19)28-18)23-8-3-9-26-10-12-27(13-11-26)17-6-4-16(22)5-7-17/h4-7,14-15H,2-3,8-13H2,1H3,(H,23,24,25). The van der Waals surface area contributed by atoms with E-state index in [1.807, 2.05) is 12.1 Å². The monoisotopic (exact) mass is 399 g/mol. The fourth-order valence-electron chi connectivity index (χ4n) is 3.61. The number of halogens is 1. The van der Waals surface area contributed by atoms with Gasteiger partial charge < -0.3 is 10.2 Å². The van der Waals surface area contributed by atoms with Crippen LogP contribution in [0.25, 0.3) is 10.2 Å². The number of nitrogens with zero attached hydrogens (tertiary/aromatic N) is 4. The average molecular weight is 400 g/mol. The summed E-state index contributed by atoms with van der Waals surface area (Å²) in [6.45, 7) is 8.20. The Kier molecular flexibility index (Phi) is 6.02. The van der Waals surface area contributed by atoms with Crippen molar-refractivity contribution in [2.45, 2.75) is 19.8 Å². The number of benzene rings is 1. The van der Waals surface area contributed by atoms with Gasteiger partial charge in [0, 0.05) is 43.3 Å². The third kappa shape index (κ3) is 4.42. The second-order valence-corrected chi connectivity index (χ2v) is 8.21. The number of fused-ring (bicyclic) bond motifs is 1. The number of anilines is 2. The Balaban J connectivity index is 1.22. The summed E-state index contributed by atoms with van der Waals surface area (Å²) in [4.78, 5) is 16.0. The van der Waals surface area contributed by atoms with Crippen LogP contribution in [0.1, 0.15) is 18.2 Å². The predicted octanol–water partition coefficient (Wildman–Crippen LogP) is 4.02. The van der Waals surface area contributed by atoms with Crippen molar-refractivity contribution in [2.75, 3.05) is 49.5 Å². The highest BCUT2D eigenvalue weighted by molar-refractivity contribution is 7.18. The lowest BCUT2D eigenvalue weighted by atomic mass is 10.2. The summed E-state index contributed by atoms with van der Waals surface area (Å²) in [5.74, 6) is 0.770. The number of aryl methyl sites for hydroxylation is 1. The van der Waals surface area contributed by atoms with Crippen molar-refractivity contribution in [3.8, 4) is 0 Å². The molecule has 0 bridgehead atoms. The van der Waals surface area contributed by atoms with Crippen molar-refractivity contribution < 1.29 is 4.39 Å². The van der Waals surface area contributed by atoms with Crippen LogP contribution >= 0.6 is 11.3 Å². The second-order valence-electron chi connectivity index (χ2n) is 7.09. The molecule has 0 aliphatic carbocycles. The molecular formula is C21H26FN5S. The molecule has 1 aliphatic heterocycles. The van der Waals surface area contributed by atoms with Crippen molar-refractivity contribution in [3.63, 3.8) is 0 Å². The van der Waals surface area contributed by atoms with Gasteiger partial charge in [-0.25, -0.2) is 14.4 Å². The van der Waals surface area contributed by atoms with Gasteiger partial charge in [-0.2, -0.15) is 0 Å². The zero-order chi connectivity index (χ0) is 19.3. The van der Waals surface area contributed by atoms with Crippen LogP contribution < -0.4 is 10.2 Å². The molecule has 1 aromatic carbocycles. The topological polar surface area (TPSA) is 44.3 Å². The van der Waals surface area contributed by atoms with Crippen molar-refractivity contribution in [3.05, 3.63) is 47.4 Å². The zero-order valence-corrected chi connectivity index (χ0v) is 17.0.